The molecule has 0 bridgehead atoms. The molecule has 2 unspecified atom stereocenters. The Kier molecular flexibility index (Phi) is 5.58. The van der Waals surface area contributed by atoms with Crippen molar-refractivity contribution in [1.29, 1.82) is 0 Å². The normalized spacial score (nSPS) is 24.5. The number of rotatable bonds is 6. The highest BCUT2D eigenvalue weighted by Gasteiger charge is 2.43. The van der Waals surface area contributed by atoms with Crippen molar-refractivity contribution in [2.75, 3.05) is 24.7 Å². The molecular formula is C14H19NO6S2. The maximum absolute atomic E-state index is 12.5. The van der Waals surface area contributed by atoms with E-state index in [-0.39, 0.29) is 6.54 Å². The lowest BCUT2D eigenvalue weighted by atomic mass is 10.2. The second kappa shape index (κ2) is 7.10. The zero-order valence-corrected chi connectivity index (χ0v) is 13.9. The van der Waals surface area contributed by atoms with Crippen LogP contribution < -0.4 is 0 Å². The van der Waals surface area contributed by atoms with Gasteiger partial charge in [0.25, 0.3) is 0 Å². The van der Waals surface area contributed by atoms with Gasteiger partial charge in [0.1, 0.15) is 0 Å². The third-order valence-corrected chi connectivity index (χ3v) is 6.83. The van der Waals surface area contributed by atoms with Crippen molar-refractivity contribution < 1.29 is 27.0 Å². The first kappa shape index (κ1) is 18.1. The van der Waals surface area contributed by atoms with E-state index < -0.39 is 50.1 Å². The molecule has 2 rings (SSSR count). The standard InChI is InChI=1S/C14H19NO6S2/c16-8-7-15(13-10-22(18,19)11-14(13)17)23(20,21)9-6-12-4-2-1-3-5-12/h1-6,9,13-14,16-17H,7-8,10-11H2. The molecule has 0 aromatic heterocycles. The minimum Gasteiger partial charge on any atom is -0.395 e. The first-order chi connectivity index (χ1) is 10.7. The van der Waals surface area contributed by atoms with Gasteiger partial charge in [0, 0.05) is 12.0 Å². The van der Waals surface area contributed by atoms with Crippen molar-refractivity contribution in [3.63, 3.8) is 0 Å². The van der Waals surface area contributed by atoms with Crippen LogP contribution in [-0.4, -0.2) is 68.2 Å². The number of aliphatic hydroxyl groups is 2. The predicted octanol–water partition coefficient (Wildman–Crippen LogP) is -0.561. The lowest BCUT2D eigenvalue weighted by Gasteiger charge is -2.27. The van der Waals surface area contributed by atoms with Crippen molar-refractivity contribution in [3.05, 3.63) is 41.3 Å². The summed E-state index contributed by atoms with van der Waals surface area (Å²) in [6.45, 7) is -0.750. The Morgan fingerprint density at radius 3 is 2.39 bits per heavy atom. The number of nitrogens with zero attached hydrogens (tertiary/aromatic N) is 1. The fourth-order valence-corrected chi connectivity index (χ4v) is 5.78. The first-order valence-corrected chi connectivity index (χ1v) is 10.3. The molecule has 1 aliphatic rings. The van der Waals surface area contributed by atoms with Gasteiger partial charge >= 0.3 is 0 Å². The minimum absolute atomic E-state index is 0.279. The molecular weight excluding hydrogens is 342 g/mol. The number of hydrogen-bond acceptors (Lipinski definition) is 6. The van der Waals surface area contributed by atoms with Crippen LogP contribution in [0.4, 0.5) is 0 Å². The fourth-order valence-electron chi connectivity index (χ4n) is 2.47. The quantitative estimate of drug-likeness (QED) is 0.702. The Labute approximate surface area is 135 Å². The molecule has 2 N–H and O–H groups in total. The van der Waals surface area contributed by atoms with E-state index in [1.54, 1.807) is 30.3 Å². The zero-order valence-electron chi connectivity index (χ0n) is 12.3. The van der Waals surface area contributed by atoms with Gasteiger partial charge in [-0.3, -0.25) is 0 Å². The Morgan fingerprint density at radius 1 is 1.22 bits per heavy atom. The van der Waals surface area contributed by atoms with Crippen molar-refractivity contribution in [3.8, 4) is 0 Å². The molecule has 23 heavy (non-hydrogen) atoms. The van der Waals surface area contributed by atoms with Gasteiger partial charge < -0.3 is 10.2 Å². The van der Waals surface area contributed by atoms with E-state index in [9.17, 15) is 21.9 Å². The van der Waals surface area contributed by atoms with Crippen LogP contribution in [0.25, 0.3) is 6.08 Å². The molecule has 1 aromatic rings. The van der Waals surface area contributed by atoms with E-state index in [2.05, 4.69) is 0 Å². The molecule has 0 saturated carbocycles. The van der Waals surface area contributed by atoms with Crippen LogP contribution in [0.2, 0.25) is 0 Å². The highest BCUT2D eigenvalue weighted by Crippen LogP contribution is 2.22. The Morgan fingerprint density at radius 2 is 1.87 bits per heavy atom. The van der Waals surface area contributed by atoms with Gasteiger partial charge in [-0.25, -0.2) is 16.8 Å². The average molecular weight is 361 g/mol. The van der Waals surface area contributed by atoms with Gasteiger partial charge in [-0.05, 0) is 11.6 Å². The summed E-state index contributed by atoms with van der Waals surface area (Å²) in [5, 5.41) is 19.9. The van der Waals surface area contributed by atoms with Crippen molar-refractivity contribution in [1.82, 2.24) is 4.31 Å². The molecule has 0 radical (unpaired) electrons. The van der Waals surface area contributed by atoms with Crippen LogP contribution in [0.3, 0.4) is 0 Å². The molecule has 2 atom stereocenters. The Bertz CT molecular complexity index is 758. The summed E-state index contributed by atoms with van der Waals surface area (Å²) < 4.78 is 49.0. The lowest BCUT2D eigenvalue weighted by molar-refractivity contribution is 0.118. The zero-order chi connectivity index (χ0) is 17.1. The molecule has 7 nitrogen and oxygen atoms in total. The summed E-state index contributed by atoms with van der Waals surface area (Å²) in [6, 6.07) is 7.66. The maximum atomic E-state index is 12.5. The number of hydrogen-bond donors (Lipinski definition) is 2. The third-order valence-electron chi connectivity index (χ3n) is 3.54. The van der Waals surface area contributed by atoms with Gasteiger partial charge in [-0.1, -0.05) is 30.3 Å². The highest BCUT2D eigenvalue weighted by molar-refractivity contribution is 7.93. The Balaban J connectivity index is 2.27. The third kappa shape index (κ3) is 4.61. The summed E-state index contributed by atoms with van der Waals surface area (Å²) in [7, 11) is -7.48. The molecule has 128 valence electrons. The second-order valence-corrected chi connectivity index (χ2v) is 9.23. The van der Waals surface area contributed by atoms with Gasteiger partial charge in [0.15, 0.2) is 9.84 Å². The van der Waals surface area contributed by atoms with E-state index in [0.29, 0.717) is 5.56 Å². The molecule has 0 spiro atoms. The predicted molar refractivity (Wildman–Crippen MR) is 86.6 cm³/mol. The SMILES string of the molecule is O=S1(=O)CC(O)C(N(CCO)S(=O)(=O)C=Cc2ccccc2)C1. The number of sulfonamides is 1. The maximum Gasteiger partial charge on any atom is 0.236 e. The van der Waals surface area contributed by atoms with Gasteiger partial charge in [0.2, 0.25) is 10.0 Å². The summed E-state index contributed by atoms with van der Waals surface area (Å²) in [6.07, 6.45) is 0.0849. The molecule has 1 saturated heterocycles. The van der Waals surface area contributed by atoms with Crippen LogP contribution in [0.1, 0.15) is 5.56 Å². The van der Waals surface area contributed by atoms with E-state index in [0.717, 1.165) is 9.71 Å². The molecule has 0 amide bonds. The van der Waals surface area contributed by atoms with E-state index in [1.807, 2.05) is 0 Å². The largest absolute Gasteiger partial charge is 0.395 e. The monoisotopic (exact) mass is 361 g/mol. The van der Waals surface area contributed by atoms with Crippen LogP contribution >= 0.6 is 0 Å². The second-order valence-electron chi connectivity index (χ2n) is 5.30. The number of benzene rings is 1. The minimum atomic E-state index is -3.98. The fraction of sp³-hybridized carbons (Fsp3) is 0.429. The molecule has 1 aromatic carbocycles. The van der Waals surface area contributed by atoms with Crippen molar-refractivity contribution in [2.45, 2.75) is 12.1 Å². The topological polar surface area (TPSA) is 112 Å². The van der Waals surface area contributed by atoms with Crippen LogP contribution in [0.15, 0.2) is 35.7 Å². The highest BCUT2D eigenvalue weighted by atomic mass is 32.2. The van der Waals surface area contributed by atoms with Crippen molar-refractivity contribution in [2.24, 2.45) is 0 Å². The smallest absolute Gasteiger partial charge is 0.236 e. The number of aliphatic hydroxyl groups excluding tert-OH is 2. The molecule has 1 heterocycles. The van der Waals surface area contributed by atoms with Crippen LogP contribution in [0.5, 0.6) is 0 Å². The molecule has 9 heteroatoms. The van der Waals surface area contributed by atoms with E-state index in [1.165, 1.54) is 6.08 Å². The first-order valence-electron chi connectivity index (χ1n) is 6.99. The van der Waals surface area contributed by atoms with E-state index in [4.69, 9.17) is 5.11 Å². The molecule has 1 aliphatic heterocycles. The Hall–Kier alpha value is -1.26. The molecule has 1 fully saturated rings. The van der Waals surface area contributed by atoms with Crippen LogP contribution in [-0.2, 0) is 19.9 Å². The summed E-state index contributed by atoms with van der Waals surface area (Å²) in [4.78, 5) is 0. The van der Waals surface area contributed by atoms with Crippen molar-refractivity contribution >= 4 is 25.9 Å². The summed E-state index contributed by atoms with van der Waals surface area (Å²) in [5.74, 6) is -0.926. The summed E-state index contributed by atoms with van der Waals surface area (Å²) in [5.41, 5.74) is 0.666. The number of sulfone groups is 1. The van der Waals surface area contributed by atoms with Gasteiger partial charge in [-0.15, -0.1) is 0 Å². The lowest BCUT2D eigenvalue weighted by Crippen LogP contribution is -2.47. The molecule has 0 aliphatic carbocycles. The van der Waals surface area contributed by atoms with Gasteiger partial charge in [0.05, 0.1) is 30.3 Å². The summed E-state index contributed by atoms with van der Waals surface area (Å²) >= 11 is 0. The van der Waals surface area contributed by atoms with Gasteiger partial charge in [-0.2, -0.15) is 4.31 Å². The average Bonchev–Trinajstić information content (AvgIpc) is 2.76. The van der Waals surface area contributed by atoms with Crippen LogP contribution in [0, 0.1) is 0 Å². The van der Waals surface area contributed by atoms with E-state index >= 15 is 0 Å².